The average molecular weight is 258 g/mol. The van der Waals surface area contributed by atoms with Gasteiger partial charge in [-0.15, -0.1) is 0 Å². The van der Waals surface area contributed by atoms with Crippen LogP contribution in [0.4, 0.5) is 4.39 Å². The van der Waals surface area contributed by atoms with Crippen LogP contribution in [0.25, 0.3) is 0 Å². The maximum atomic E-state index is 12.9. The molecule has 1 fully saturated rings. The molecule has 0 radical (unpaired) electrons. The lowest BCUT2D eigenvalue weighted by Crippen LogP contribution is -2.47. The first-order valence-electron chi connectivity index (χ1n) is 5.44. The van der Waals surface area contributed by atoms with Crippen LogP contribution in [0.2, 0.25) is 5.02 Å². The lowest BCUT2D eigenvalue weighted by atomic mass is 10.0. The summed E-state index contributed by atoms with van der Waals surface area (Å²) in [6, 6.07) is 4.06. The van der Waals surface area contributed by atoms with E-state index in [1.807, 2.05) is 0 Å². The Kier molecular flexibility index (Phi) is 4.10. The molecule has 1 unspecified atom stereocenters. The van der Waals surface area contributed by atoms with Crippen molar-refractivity contribution >= 4 is 17.4 Å². The number of hydrogen-bond acceptors (Lipinski definition) is 3. The molecule has 0 amide bonds. The van der Waals surface area contributed by atoms with E-state index in [1.54, 1.807) is 6.07 Å². The van der Waals surface area contributed by atoms with Crippen LogP contribution >= 0.6 is 11.6 Å². The number of ether oxygens (including phenoxy) is 1. The third-order valence-electron chi connectivity index (χ3n) is 2.67. The van der Waals surface area contributed by atoms with Crippen molar-refractivity contribution in [3.05, 3.63) is 34.6 Å². The van der Waals surface area contributed by atoms with E-state index >= 15 is 0 Å². The van der Waals surface area contributed by atoms with E-state index in [-0.39, 0.29) is 23.3 Å². The number of nitrogens with one attached hydrogen (secondary N) is 1. The molecule has 1 aromatic rings. The molecule has 0 aromatic heterocycles. The van der Waals surface area contributed by atoms with E-state index in [9.17, 15) is 9.18 Å². The summed E-state index contributed by atoms with van der Waals surface area (Å²) in [5.74, 6) is -0.436. The van der Waals surface area contributed by atoms with Gasteiger partial charge < -0.3 is 10.1 Å². The number of ketones is 1. The molecule has 92 valence electrons. The van der Waals surface area contributed by atoms with Crippen LogP contribution in [0.5, 0.6) is 0 Å². The number of benzene rings is 1. The summed E-state index contributed by atoms with van der Waals surface area (Å²) >= 11 is 5.66. The molecule has 1 heterocycles. The Bertz CT molecular complexity index is 419. The van der Waals surface area contributed by atoms with E-state index in [2.05, 4.69) is 5.32 Å². The van der Waals surface area contributed by atoms with Crippen LogP contribution < -0.4 is 5.32 Å². The molecular formula is C12H13ClFNO2. The van der Waals surface area contributed by atoms with Crippen molar-refractivity contribution < 1.29 is 13.9 Å². The van der Waals surface area contributed by atoms with Crippen molar-refractivity contribution in [2.45, 2.75) is 12.5 Å². The summed E-state index contributed by atoms with van der Waals surface area (Å²) in [5.41, 5.74) is 0.716. The molecule has 1 aromatic carbocycles. The van der Waals surface area contributed by atoms with E-state index < -0.39 is 5.82 Å². The van der Waals surface area contributed by atoms with Crippen LogP contribution in [-0.2, 0) is 16.0 Å². The average Bonchev–Trinajstić information content (AvgIpc) is 2.35. The molecule has 0 bridgehead atoms. The standard InChI is InChI=1S/C12H13ClFNO2/c13-9-5-8(1-2-10(9)14)6-12(16)11-7-17-4-3-15-11/h1-2,5,11,15H,3-4,6-7H2. The molecule has 1 atom stereocenters. The molecule has 2 rings (SSSR count). The fourth-order valence-corrected chi connectivity index (χ4v) is 1.95. The first-order chi connectivity index (χ1) is 8.16. The van der Waals surface area contributed by atoms with Gasteiger partial charge in [0.2, 0.25) is 0 Å². The summed E-state index contributed by atoms with van der Waals surface area (Å²) in [6.07, 6.45) is 0.237. The fourth-order valence-electron chi connectivity index (χ4n) is 1.75. The Hall–Kier alpha value is -0.970. The van der Waals surface area contributed by atoms with Crippen LogP contribution in [0.3, 0.4) is 0 Å². The molecule has 3 nitrogen and oxygen atoms in total. The van der Waals surface area contributed by atoms with Crippen LogP contribution in [0.15, 0.2) is 18.2 Å². The third kappa shape index (κ3) is 3.25. The monoisotopic (exact) mass is 257 g/mol. The fraction of sp³-hybridized carbons (Fsp3) is 0.417. The molecule has 0 saturated carbocycles. The van der Waals surface area contributed by atoms with Gasteiger partial charge in [-0.25, -0.2) is 4.39 Å². The van der Waals surface area contributed by atoms with Crippen molar-refractivity contribution in [3.8, 4) is 0 Å². The highest BCUT2D eigenvalue weighted by Crippen LogP contribution is 2.16. The Balaban J connectivity index is 1.99. The minimum absolute atomic E-state index is 0.0346. The van der Waals surface area contributed by atoms with Crippen molar-refractivity contribution in [3.63, 3.8) is 0 Å². The number of halogens is 2. The smallest absolute Gasteiger partial charge is 0.156 e. The van der Waals surface area contributed by atoms with Crippen molar-refractivity contribution in [2.75, 3.05) is 19.8 Å². The van der Waals surface area contributed by atoms with E-state index in [1.165, 1.54) is 12.1 Å². The highest BCUT2D eigenvalue weighted by atomic mass is 35.5. The summed E-state index contributed by atoms with van der Waals surface area (Å²) < 4.78 is 18.2. The van der Waals surface area contributed by atoms with Crippen molar-refractivity contribution in [2.24, 2.45) is 0 Å². The van der Waals surface area contributed by atoms with Gasteiger partial charge >= 0.3 is 0 Å². The predicted molar refractivity (Wildman–Crippen MR) is 62.7 cm³/mol. The molecule has 1 saturated heterocycles. The van der Waals surface area contributed by atoms with Gasteiger partial charge in [0.25, 0.3) is 0 Å². The SMILES string of the molecule is O=C(Cc1ccc(F)c(Cl)c1)C1COCCN1. The van der Waals surface area contributed by atoms with Crippen molar-refractivity contribution in [1.82, 2.24) is 5.32 Å². The molecule has 0 aliphatic carbocycles. The maximum Gasteiger partial charge on any atom is 0.156 e. The lowest BCUT2D eigenvalue weighted by Gasteiger charge is -2.22. The second-order valence-corrected chi connectivity index (χ2v) is 4.38. The van der Waals surface area contributed by atoms with E-state index in [4.69, 9.17) is 16.3 Å². The third-order valence-corrected chi connectivity index (χ3v) is 2.96. The first-order valence-corrected chi connectivity index (χ1v) is 5.82. The van der Waals surface area contributed by atoms with E-state index in [0.717, 1.165) is 0 Å². The quantitative estimate of drug-likeness (QED) is 0.894. The number of hydrogen-bond donors (Lipinski definition) is 1. The maximum absolute atomic E-state index is 12.9. The summed E-state index contributed by atoms with van der Waals surface area (Å²) in [6.45, 7) is 1.71. The van der Waals surface area contributed by atoms with Gasteiger partial charge in [-0.2, -0.15) is 0 Å². The molecule has 17 heavy (non-hydrogen) atoms. The number of rotatable bonds is 3. The highest BCUT2D eigenvalue weighted by Gasteiger charge is 2.21. The second-order valence-electron chi connectivity index (χ2n) is 3.97. The van der Waals surface area contributed by atoms with Gasteiger partial charge in [0, 0.05) is 13.0 Å². The van der Waals surface area contributed by atoms with Crippen LogP contribution in [0.1, 0.15) is 5.56 Å². The molecule has 1 N–H and O–H groups in total. The van der Waals surface area contributed by atoms with Gasteiger partial charge in [-0.05, 0) is 17.7 Å². The largest absolute Gasteiger partial charge is 0.378 e. The van der Waals surface area contributed by atoms with Gasteiger partial charge in [-0.1, -0.05) is 17.7 Å². The molecule has 5 heteroatoms. The number of morpholine rings is 1. The summed E-state index contributed by atoms with van der Waals surface area (Å²) in [7, 11) is 0. The summed E-state index contributed by atoms with van der Waals surface area (Å²) in [5, 5.41) is 3.13. The lowest BCUT2D eigenvalue weighted by molar-refractivity contribution is -0.123. The Morgan fingerprint density at radius 1 is 1.59 bits per heavy atom. The summed E-state index contributed by atoms with van der Waals surface area (Å²) in [4.78, 5) is 11.9. The zero-order chi connectivity index (χ0) is 12.3. The van der Waals surface area contributed by atoms with Crippen LogP contribution in [0, 0.1) is 5.82 Å². The Morgan fingerprint density at radius 3 is 3.06 bits per heavy atom. The number of Topliss-reactive ketones (excluding diaryl/α,β-unsaturated/α-hetero) is 1. The van der Waals surface area contributed by atoms with E-state index in [0.29, 0.717) is 25.3 Å². The molecule has 0 spiro atoms. The minimum atomic E-state index is -0.470. The highest BCUT2D eigenvalue weighted by molar-refractivity contribution is 6.30. The molecule has 1 aliphatic heterocycles. The Morgan fingerprint density at radius 2 is 2.41 bits per heavy atom. The predicted octanol–water partition coefficient (Wildman–Crippen LogP) is 1.58. The topological polar surface area (TPSA) is 38.3 Å². The molecule has 1 aliphatic rings. The van der Waals surface area contributed by atoms with Crippen molar-refractivity contribution in [1.29, 1.82) is 0 Å². The van der Waals surface area contributed by atoms with Gasteiger partial charge in [-0.3, -0.25) is 4.79 Å². The van der Waals surface area contributed by atoms with Gasteiger partial charge in [0.1, 0.15) is 5.82 Å². The number of carbonyl (C=O) groups is 1. The molecular weight excluding hydrogens is 245 g/mol. The zero-order valence-corrected chi connectivity index (χ0v) is 9.97. The normalized spacial score (nSPS) is 20.2. The van der Waals surface area contributed by atoms with Gasteiger partial charge in [0.15, 0.2) is 5.78 Å². The number of carbonyl (C=O) groups excluding carboxylic acids is 1. The Labute approximate surface area is 104 Å². The van der Waals surface area contributed by atoms with Crippen LogP contribution in [-0.4, -0.2) is 31.6 Å². The first kappa shape index (κ1) is 12.5. The van der Waals surface area contributed by atoms with Gasteiger partial charge in [0.05, 0.1) is 24.3 Å². The zero-order valence-electron chi connectivity index (χ0n) is 9.21. The second kappa shape index (κ2) is 5.58. The minimum Gasteiger partial charge on any atom is -0.378 e.